The predicted octanol–water partition coefficient (Wildman–Crippen LogP) is -1.00. The van der Waals surface area contributed by atoms with Gasteiger partial charge in [-0.15, -0.1) is 12.2 Å². The molecule has 4 saturated carbocycles. The first kappa shape index (κ1) is 75.0. The Morgan fingerprint density at radius 1 is 0.403 bits per heavy atom. The van der Waals surface area contributed by atoms with Crippen molar-refractivity contribution in [1.82, 2.24) is 0 Å². The number of nitrogens with one attached hydrogen (secondary N) is 8. The molecule has 4 bridgehead atoms. The van der Waals surface area contributed by atoms with Gasteiger partial charge in [-0.1, -0.05) is 52.0 Å². The molecule has 8 rings (SSSR count). The van der Waals surface area contributed by atoms with Crippen LogP contribution in [0.2, 0.25) is 0 Å². The fraction of sp³-hybridized carbons (Fsp3) is 0.621. The second kappa shape index (κ2) is 38.5. The standard InChI is InChI=1S/2C26H45N5.2C2H6.2CH3.2Mn.2Y/c2*1-27-17-18-28(2)24-14-7-9-16-26(24)30(4)20-22-12-10-11-21(31(22)5)19-29(3)25-15-8-6-13-23(25)27;2*1-2;;;;;;/h2*10-12,23-30H,1-9,13-20H2;2*1-2H3;2*1H3;;;;/q;;;;2*-1;;;;/t2*23-,24-,25-,26-;;;;;;;;/m10......../s1. The van der Waals surface area contributed by atoms with Crippen LogP contribution < -0.4 is 39.2 Å². The zero-order chi connectivity index (χ0) is 47.9. The molecule has 4 radical (unpaired) electrons. The second-order valence-electron chi connectivity index (χ2n) is 20.8. The number of fused-ring (bicyclic) bond motifs is 8. The van der Waals surface area contributed by atoms with Crippen molar-refractivity contribution in [3.05, 3.63) is 131 Å². The first-order valence-electron chi connectivity index (χ1n) is 27.0. The van der Waals surface area contributed by atoms with E-state index in [1.165, 1.54) is 165 Å². The Hall–Kier alpha value is 0.967. The molecule has 8 N–H and O–H groups in total. The number of nitrogens with zero attached hydrogens (tertiary/aromatic N) is 2. The summed E-state index contributed by atoms with van der Waals surface area (Å²) in [5.74, 6) is 0. The van der Waals surface area contributed by atoms with Crippen molar-refractivity contribution in [3.8, 4) is 0 Å². The van der Waals surface area contributed by atoms with Crippen molar-refractivity contribution in [2.24, 2.45) is 0 Å². The molecule has 4 heterocycles. The maximum Gasteiger partial charge on any atom is 0.152 e. The van der Waals surface area contributed by atoms with E-state index in [1.807, 2.05) is 27.7 Å². The zero-order valence-electron chi connectivity index (χ0n) is 46.9. The molecule has 8 aliphatic rings. The largest absolute Gasteiger partial charge is 0.459 e. The van der Waals surface area contributed by atoms with Crippen LogP contribution in [0.25, 0.3) is 0 Å². The van der Waals surface area contributed by atoms with Crippen LogP contribution in [-0.4, -0.2) is 123 Å². The van der Waals surface area contributed by atoms with Crippen LogP contribution in [0.3, 0.4) is 0 Å². The Labute approximate surface area is 518 Å². The van der Waals surface area contributed by atoms with E-state index in [4.69, 9.17) is 0 Å². The van der Waals surface area contributed by atoms with Gasteiger partial charge >= 0.3 is 0 Å². The molecule has 0 amide bonds. The normalized spacial score (nSPS) is 36.9. The van der Waals surface area contributed by atoms with Gasteiger partial charge in [0.2, 0.25) is 0 Å². The average molecular weight is 1230 g/mol. The van der Waals surface area contributed by atoms with Crippen molar-refractivity contribution in [2.75, 3.05) is 52.4 Å². The summed E-state index contributed by atoms with van der Waals surface area (Å²) in [4.78, 5) is 11.2. The fourth-order valence-corrected chi connectivity index (χ4v) is 13.2. The first-order chi connectivity index (χ1) is 31.9. The molecule has 4 aliphatic carbocycles. The first-order valence-corrected chi connectivity index (χ1v) is 27.0. The summed E-state index contributed by atoms with van der Waals surface area (Å²) >= 11 is 0. The van der Waals surface area contributed by atoms with Crippen LogP contribution in [-0.2, 0) is 99.6 Å². The summed E-state index contributed by atoms with van der Waals surface area (Å²) in [5.41, 5.74) is 2.54. The predicted molar refractivity (Wildman–Crippen MR) is 285 cm³/mol. The van der Waals surface area contributed by atoms with E-state index in [9.17, 15) is 0 Å². The molecule has 2 saturated heterocycles. The molecule has 0 aromatic rings. The van der Waals surface area contributed by atoms with E-state index >= 15 is 0 Å². The van der Waals surface area contributed by atoms with Gasteiger partial charge in [0.15, 0.2) is 23.5 Å². The minimum absolute atomic E-state index is 0. The Morgan fingerprint density at radius 3 is 0.847 bits per heavy atom. The monoisotopic (exact) mass is 1230 g/mol. The number of hydrogen-bond donors (Lipinski definition) is 8. The van der Waals surface area contributed by atoms with Crippen molar-refractivity contribution in [2.45, 2.75) is 179 Å². The van der Waals surface area contributed by atoms with Crippen LogP contribution in [0.5, 0.6) is 0 Å². The van der Waals surface area contributed by atoms with Crippen molar-refractivity contribution < 1.29 is 148 Å². The van der Waals surface area contributed by atoms with E-state index in [-0.39, 0.29) is 114 Å². The third kappa shape index (κ3) is 20.3. The minimum Gasteiger partial charge on any atom is -0.459 e. The molecule has 412 valence electrons. The maximum absolute atomic E-state index is 4.60. The van der Waals surface area contributed by atoms with Gasteiger partial charge < -0.3 is 54.1 Å². The Kier molecular flexibility index (Phi) is 40.2. The molecular formula is C58H108Mn2N10Y2-2. The van der Waals surface area contributed by atoms with Gasteiger partial charge in [0.25, 0.3) is 0 Å². The summed E-state index contributed by atoms with van der Waals surface area (Å²) in [7, 11) is 36.7. The summed E-state index contributed by atoms with van der Waals surface area (Å²) in [6.45, 7) is 24.9. The summed E-state index contributed by atoms with van der Waals surface area (Å²) in [5, 5.41) is 0. The van der Waals surface area contributed by atoms with E-state index in [0.717, 1.165) is 52.4 Å². The molecule has 72 heavy (non-hydrogen) atoms. The Balaban J connectivity index is 0. The third-order valence-corrected chi connectivity index (χ3v) is 17.0. The smallest absolute Gasteiger partial charge is 0.152 e. The summed E-state index contributed by atoms with van der Waals surface area (Å²) < 4.78 is 4.32. The maximum atomic E-state index is 4.60. The SMILES string of the molecule is C=[N+]1C2=CC=C[C-]1C[NH+]([CH2-])[C@@H]1CCCC[C@H]1[NH+]([CH2-])CC[NH+]([CH2-])[C@@H]1CCCC[C@H]1[NH+]([CH2-])C2.C=[N+]1C2=CC=C[C-]1C[NH+]([CH2-])[C@H]1CCCC[C@@H]1[NH+]([CH2-])CC[NH+]([CH2-])[C@H]1CCCC[C@@H]1[NH+]([CH2-])C2.CC.CC.[CH3-].[CH3-].[Mn].[Mn].[Y].[Y]. The Bertz CT molecular complexity index is 1510. The van der Waals surface area contributed by atoms with Crippen molar-refractivity contribution in [1.29, 1.82) is 0 Å². The van der Waals surface area contributed by atoms with Crippen LogP contribution in [0.4, 0.5) is 0 Å². The van der Waals surface area contributed by atoms with Gasteiger partial charge in [0.05, 0.1) is 13.4 Å². The quantitative estimate of drug-likeness (QED) is 0.0874. The molecular weight excluding hydrogens is 1120 g/mol. The van der Waals surface area contributed by atoms with Gasteiger partial charge in [-0.05, 0) is 51.4 Å². The van der Waals surface area contributed by atoms with Crippen LogP contribution in [0.1, 0.15) is 130 Å². The molecule has 4 aliphatic heterocycles. The molecule has 0 spiro atoms. The molecule has 0 aromatic carbocycles. The molecule has 0 aromatic heterocycles. The second-order valence-corrected chi connectivity index (χ2v) is 20.8. The minimum atomic E-state index is 0. The fourth-order valence-electron chi connectivity index (χ4n) is 13.2. The Morgan fingerprint density at radius 2 is 0.611 bits per heavy atom. The molecule has 16 atom stereocenters. The number of quaternary nitrogens is 8. The molecule has 14 heteroatoms. The topological polar surface area (TPSA) is 41.5 Å². The van der Waals surface area contributed by atoms with Gasteiger partial charge in [-0.2, -0.15) is 56.4 Å². The van der Waals surface area contributed by atoms with Crippen molar-refractivity contribution in [3.63, 3.8) is 0 Å². The van der Waals surface area contributed by atoms with Crippen LogP contribution in [0.15, 0.2) is 47.9 Å². The van der Waals surface area contributed by atoms with Crippen LogP contribution in [0, 0.1) is 83.3 Å². The molecule has 10 nitrogen and oxygen atoms in total. The van der Waals surface area contributed by atoms with E-state index < -0.39 is 0 Å². The number of allylic oxidation sites excluding steroid dienone is 4. The molecule has 6 fully saturated rings. The van der Waals surface area contributed by atoms with Gasteiger partial charge in [-0.3, -0.25) is 9.15 Å². The average Bonchev–Trinajstić information content (AvgIpc) is 3.35. The number of hydrogen-bond acceptors (Lipinski definition) is 0. The van der Waals surface area contributed by atoms with E-state index in [0.29, 0.717) is 48.3 Å². The van der Waals surface area contributed by atoms with Gasteiger partial charge in [-0.25, -0.2) is 0 Å². The van der Waals surface area contributed by atoms with Crippen molar-refractivity contribution >= 4 is 13.4 Å². The van der Waals surface area contributed by atoms with E-state index in [1.54, 1.807) is 0 Å². The van der Waals surface area contributed by atoms with Gasteiger partial charge in [0.1, 0.15) is 101 Å². The van der Waals surface area contributed by atoms with Gasteiger partial charge in [0, 0.05) is 151 Å². The molecule has 8 unspecified atom stereocenters. The van der Waals surface area contributed by atoms with Crippen LogP contribution >= 0.6 is 0 Å². The summed E-state index contributed by atoms with van der Waals surface area (Å²) in [6.07, 6.45) is 33.9. The summed E-state index contributed by atoms with van der Waals surface area (Å²) in [6, 6.07) is 7.09. The zero-order valence-corrected chi connectivity index (χ0v) is 55.0. The third-order valence-electron chi connectivity index (χ3n) is 17.0. The van der Waals surface area contributed by atoms with E-state index in [2.05, 4.69) is 115 Å². The number of rotatable bonds is 0.